The predicted octanol–water partition coefficient (Wildman–Crippen LogP) is 1.61. The molecule has 0 radical (unpaired) electrons. The summed E-state index contributed by atoms with van der Waals surface area (Å²) in [5, 5.41) is 11.5. The minimum Gasteiger partial charge on any atom is -0.477 e. The zero-order chi connectivity index (χ0) is 13.3. The Hall–Kier alpha value is -2.50. The van der Waals surface area contributed by atoms with E-state index in [0.717, 1.165) is 5.56 Å². The topological polar surface area (TPSA) is 87.1 Å². The van der Waals surface area contributed by atoms with Crippen molar-refractivity contribution >= 4 is 17.6 Å². The monoisotopic (exact) mass is 247 g/mol. The second kappa shape index (κ2) is 4.40. The van der Waals surface area contributed by atoms with Gasteiger partial charge in [-0.2, -0.15) is 0 Å². The van der Waals surface area contributed by atoms with Crippen molar-refractivity contribution in [3.8, 4) is 0 Å². The van der Waals surface area contributed by atoms with E-state index in [1.807, 2.05) is 6.92 Å². The third-order valence-electron chi connectivity index (χ3n) is 2.55. The number of hydrogen-bond donors (Lipinski definition) is 3. The molecule has 94 valence electrons. The predicted molar refractivity (Wildman–Crippen MR) is 65.9 cm³/mol. The molecular formula is C12H13N3O3. The number of H-pyrrole nitrogens is 1. The number of rotatable bonds is 3. The molecule has 2 aromatic heterocycles. The number of carbonyl (C=O) groups is 2. The van der Waals surface area contributed by atoms with Crippen LogP contribution < -0.4 is 5.32 Å². The van der Waals surface area contributed by atoms with Gasteiger partial charge >= 0.3 is 5.97 Å². The average molecular weight is 247 g/mol. The summed E-state index contributed by atoms with van der Waals surface area (Å²) in [6.45, 7) is 1.87. The Kier molecular flexibility index (Phi) is 2.93. The molecule has 1 amide bonds. The molecule has 2 rings (SSSR count). The number of aromatic amines is 1. The minimum atomic E-state index is -1.03. The lowest BCUT2D eigenvalue weighted by Gasteiger charge is -1.99. The number of aryl methyl sites for hydroxylation is 2. The van der Waals surface area contributed by atoms with Crippen LogP contribution in [0, 0.1) is 6.92 Å². The summed E-state index contributed by atoms with van der Waals surface area (Å²) < 4.78 is 1.44. The van der Waals surface area contributed by atoms with Crippen LogP contribution in [0.25, 0.3) is 0 Å². The normalized spacial score (nSPS) is 10.3. The highest BCUT2D eigenvalue weighted by atomic mass is 16.4. The van der Waals surface area contributed by atoms with Crippen molar-refractivity contribution in [3.63, 3.8) is 0 Å². The summed E-state index contributed by atoms with van der Waals surface area (Å²) in [6.07, 6.45) is 3.28. The first-order valence-electron chi connectivity index (χ1n) is 5.33. The summed E-state index contributed by atoms with van der Waals surface area (Å²) in [5.41, 5.74) is 1.97. The lowest BCUT2D eigenvalue weighted by molar-refractivity contribution is 0.0686. The van der Waals surface area contributed by atoms with Crippen molar-refractivity contribution in [2.75, 3.05) is 5.32 Å². The lowest BCUT2D eigenvalue weighted by atomic mass is 10.3. The van der Waals surface area contributed by atoms with E-state index < -0.39 is 5.97 Å². The SMILES string of the molecule is Cc1c[nH]c(C(=O)Nc2cc(C(=O)O)n(C)c2)c1. The van der Waals surface area contributed by atoms with E-state index in [0.29, 0.717) is 11.4 Å². The van der Waals surface area contributed by atoms with E-state index >= 15 is 0 Å². The van der Waals surface area contributed by atoms with Crippen LogP contribution in [-0.4, -0.2) is 26.5 Å². The average Bonchev–Trinajstić information content (AvgIpc) is 2.85. The molecule has 2 aromatic rings. The zero-order valence-corrected chi connectivity index (χ0v) is 10.0. The molecule has 0 bridgehead atoms. The number of aromatic carboxylic acids is 1. The van der Waals surface area contributed by atoms with Gasteiger partial charge in [-0.15, -0.1) is 0 Å². The van der Waals surface area contributed by atoms with Crippen LogP contribution in [0.5, 0.6) is 0 Å². The zero-order valence-electron chi connectivity index (χ0n) is 10.0. The fourth-order valence-electron chi connectivity index (χ4n) is 1.68. The van der Waals surface area contributed by atoms with Gasteiger partial charge in [0.15, 0.2) is 0 Å². The molecular weight excluding hydrogens is 234 g/mol. The number of nitrogens with one attached hydrogen (secondary N) is 2. The molecule has 0 saturated heterocycles. The number of anilines is 1. The highest BCUT2D eigenvalue weighted by Gasteiger charge is 2.13. The van der Waals surface area contributed by atoms with E-state index in [2.05, 4.69) is 10.3 Å². The van der Waals surface area contributed by atoms with Gasteiger partial charge < -0.3 is 20.0 Å². The molecule has 0 aliphatic carbocycles. The number of hydrogen-bond acceptors (Lipinski definition) is 2. The van der Waals surface area contributed by atoms with Crippen molar-refractivity contribution in [1.29, 1.82) is 0 Å². The minimum absolute atomic E-state index is 0.118. The molecule has 0 saturated carbocycles. The molecule has 0 unspecified atom stereocenters. The van der Waals surface area contributed by atoms with Crippen LogP contribution >= 0.6 is 0 Å². The first-order valence-corrected chi connectivity index (χ1v) is 5.33. The number of carboxylic acid groups (broad SMARTS) is 1. The molecule has 3 N–H and O–H groups in total. The number of nitrogens with zero attached hydrogens (tertiary/aromatic N) is 1. The molecule has 0 fully saturated rings. The molecule has 2 heterocycles. The molecule has 6 nitrogen and oxygen atoms in total. The fraction of sp³-hybridized carbons (Fsp3) is 0.167. The maximum atomic E-state index is 11.8. The van der Waals surface area contributed by atoms with Crippen molar-refractivity contribution in [2.45, 2.75) is 6.92 Å². The quantitative estimate of drug-likeness (QED) is 0.770. The summed E-state index contributed by atoms with van der Waals surface area (Å²) in [5.74, 6) is -1.33. The molecule has 0 aliphatic heterocycles. The third-order valence-corrected chi connectivity index (χ3v) is 2.55. The van der Waals surface area contributed by atoms with E-state index in [4.69, 9.17) is 5.11 Å². The first kappa shape index (κ1) is 12.0. The van der Waals surface area contributed by atoms with Crippen LogP contribution in [0.4, 0.5) is 5.69 Å². The van der Waals surface area contributed by atoms with Gasteiger partial charge in [0.1, 0.15) is 11.4 Å². The number of amides is 1. The first-order chi connectivity index (χ1) is 8.47. The Morgan fingerprint density at radius 1 is 1.39 bits per heavy atom. The van der Waals surface area contributed by atoms with Gasteiger partial charge in [-0.3, -0.25) is 4.79 Å². The Balaban J connectivity index is 2.17. The molecule has 0 atom stereocenters. The number of carbonyl (C=O) groups excluding carboxylic acids is 1. The number of aromatic nitrogens is 2. The van der Waals surface area contributed by atoms with E-state index in [1.165, 1.54) is 10.6 Å². The summed E-state index contributed by atoms with van der Waals surface area (Å²) in [6, 6.07) is 3.13. The van der Waals surface area contributed by atoms with Gasteiger partial charge in [0.2, 0.25) is 0 Å². The number of carboxylic acids is 1. The summed E-state index contributed by atoms with van der Waals surface area (Å²) in [4.78, 5) is 25.5. The maximum absolute atomic E-state index is 11.8. The molecule has 6 heteroatoms. The van der Waals surface area contributed by atoms with Gasteiger partial charge in [0.05, 0.1) is 5.69 Å². The maximum Gasteiger partial charge on any atom is 0.352 e. The Morgan fingerprint density at radius 2 is 2.11 bits per heavy atom. The smallest absolute Gasteiger partial charge is 0.352 e. The highest BCUT2D eigenvalue weighted by molar-refractivity contribution is 6.03. The molecule has 0 spiro atoms. The Labute approximate surface area is 103 Å². The van der Waals surface area contributed by atoms with Crippen LogP contribution in [0.15, 0.2) is 24.5 Å². The van der Waals surface area contributed by atoms with E-state index in [1.54, 1.807) is 25.5 Å². The van der Waals surface area contributed by atoms with Gasteiger partial charge in [0.25, 0.3) is 5.91 Å². The van der Waals surface area contributed by atoms with Crippen LogP contribution in [0.2, 0.25) is 0 Å². The second-order valence-corrected chi connectivity index (χ2v) is 4.07. The van der Waals surface area contributed by atoms with E-state index in [9.17, 15) is 9.59 Å². The molecule has 0 aromatic carbocycles. The lowest BCUT2D eigenvalue weighted by Crippen LogP contribution is -2.11. The molecule has 0 aliphatic rings. The third kappa shape index (κ3) is 2.27. The fourth-order valence-corrected chi connectivity index (χ4v) is 1.68. The van der Waals surface area contributed by atoms with Crippen LogP contribution in [0.3, 0.4) is 0 Å². The van der Waals surface area contributed by atoms with Crippen molar-refractivity contribution in [2.24, 2.45) is 7.05 Å². The standard InChI is InChI=1S/C12H13N3O3/c1-7-3-9(13-5-7)11(16)14-8-4-10(12(17)18)15(2)6-8/h3-6,13H,1-2H3,(H,14,16)(H,17,18). The van der Waals surface area contributed by atoms with Crippen molar-refractivity contribution < 1.29 is 14.7 Å². The Bertz CT molecular complexity index is 610. The van der Waals surface area contributed by atoms with Gasteiger partial charge in [-0.1, -0.05) is 0 Å². The van der Waals surface area contributed by atoms with Crippen molar-refractivity contribution in [3.05, 3.63) is 41.5 Å². The largest absolute Gasteiger partial charge is 0.477 e. The summed E-state index contributed by atoms with van der Waals surface area (Å²) >= 11 is 0. The molecule has 18 heavy (non-hydrogen) atoms. The second-order valence-electron chi connectivity index (χ2n) is 4.07. The van der Waals surface area contributed by atoms with Crippen molar-refractivity contribution in [1.82, 2.24) is 9.55 Å². The van der Waals surface area contributed by atoms with Crippen LogP contribution in [-0.2, 0) is 7.05 Å². The van der Waals surface area contributed by atoms with Gasteiger partial charge in [-0.05, 0) is 24.6 Å². The Morgan fingerprint density at radius 3 is 2.61 bits per heavy atom. The van der Waals surface area contributed by atoms with Gasteiger partial charge in [-0.25, -0.2) is 4.79 Å². The van der Waals surface area contributed by atoms with Gasteiger partial charge in [0, 0.05) is 19.4 Å². The van der Waals surface area contributed by atoms with Crippen LogP contribution in [0.1, 0.15) is 26.5 Å². The highest BCUT2D eigenvalue weighted by Crippen LogP contribution is 2.14. The summed E-state index contributed by atoms with van der Waals surface area (Å²) in [7, 11) is 1.61. The van der Waals surface area contributed by atoms with E-state index in [-0.39, 0.29) is 11.6 Å².